The van der Waals surface area contributed by atoms with Crippen molar-refractivity contribution < 1.29 is 13.2 Å². The maximum Gasteiger partial charge on any atom is 0.389 e. The second kappa shape index (κ2) is 7.38. The molecule has 1 aromatic rings. The van der Waals surface area contributed by atoms with Crippen LogP contribution >= 0.6 is 0 Å². The minimum Gasteiger partial charge on any atom is -0.371 e. The Labute approximate surface area is 112 Å². The highest BCUT2D eigenvalue weighted by atomic mass is 19.4. The smallest absolute Gasteiger partial charge is 0.371 e. The van der Waals surface area contributed by atoms with Crippen LogP contribution in [0.1, 0.15) is 24.8 Å². The van der Waals surface area contributed by atoms with Crippen LogP contribution in [0.15, 0.2) is 24.3 Å². The first kappa shape index (κ1) is 15.8. The van der Waals surface area contributed by atoms with Crippen LogP contribution in [0.3, 0.4) is 0 Å². The summed E-state index contributed by atoms with van der Waals surface area (Å²) in [6.45, 7) is 3.61. The van der Waals surface area contributed by atoms with Gasteiger partial charge in [0.2, 0.25) is 0 Å². The van der Waals surface area contributed by atoms with Crippen LogP contribution in [0, 0.1) is 6.92 Å². The van der Waals surface area contributed by atoms with Gasteiger partial charge in [0.25, 0.3) is 0 Å². The zero-order valence-electron chi connectivity index (χ0n) is 11.2. The molecule has 0 fully saturated rings. The SMILES string of the molecule is Cc1ccccc1N(CCCN)CCCC(F)(F)F. The summed E-state index contributed by atoms with van der Waals surface area (Å²) in [6, 6.07) is 7.74. The van der Waals surface area contributed by atoms with E-state index in [0.717, 1.165) is 17.7 Å². The van der Waals surface area contributed by atoms with Gasteiger partial charge in [-0.1, -0.05) is 18.2 Å². The van der Waals surface area contributed by atoms with E-state index >= 15 is 0 Å². The first-order valence-corrected chi connectivity index (χ1v) is 6.51. The van der Waals surface area contributed by atoms with Crippen molar-refractivity contribution in [3.05, 3.63) is 29.8 Å². The molecule has 0 aromatic heterocycles. The third-order valence-electron chi connectivity index (χ3n) is 2.98. The standard InChI is InChI=1S/C14H21F3N2/c1-12-6-2-3-7-13(12)19(11-5-9-18)10-4-8-14(15,16)17/h2-3,6-7H,4-5,8-11,18H2,1H3. The molecule has 2 nitrogen and oxygen atoms in total. The van der Waals surface area contributed by atoms with Gasteiger partial charge in [0.05, 0.1) is 0 Å². The maximum atomic E-state index is 12.2. The molecule has 0 atom stereocenters. The van der Waals surface area contributed by atoms with Crippen molar-refractivity contribution in [1.82, 2.24) is 0 Å². The van der Waals surface area contributed by atoms with E-state index in [9.17, 15) is 13.2 Å². The highest BCUT2D eigenvalue weighted by molar-refractivity contribution is 5.52. The van der Waals surface area contributed by atoms with Crippen LogP contribution < -0.4 is 10.6 Å². The van der Waals surface area contributed by atoms with Gasteiger partial charge in [-0.25, -0.2) is 0 Å². The highest BCUT2D eigenvalue weighted by Crippen LogP contribution is 2.24. The molecule has 0 aliphatic carbocycles. The fourth-order valence-corrected chi connectivity index (χ4v) is 2.02. The van der Waals surface area contributed by atoms with E-state index in [1.165, 1.54) is 0 Å². The second-order valence-corrected chi connectivity index (χ2v) is 4.63. The van der Waals surface area contributed by atoms with Gasteiger partial charge in [-0.05, 0) is 37.9 Å². The first-order chi connectivity index (χ1) is 8.94. The summed E-state index contributed by atoms with van der Waals surface area (Å²) >= 11 is 0. The van der Waals surface area contributed by atoms with E-state index in [-0.39, 0.29) is 6.42 Å². The van der Waals surface area contributed by atoms with Gasteiger partial charge in [-0.15, -0.1) is 0 Å². The Morgan fingerprint density at radius 3 is 2.32 bits per heavy atom. The number of anilines is 1. The molecule has 2 N–H and O–H groups in total. The van der Waals surface area contributed by atoms with Gasteiger partial charge < -0.3 is 10.6 Å². The molecule has 0 aliphatic rings. The Morgan fingerprint density at radius 2 is 1.74 bits per heavy atom. The Balaban J connectivity index is 2.64. The molecule has 0 spiro atoms. The zero-order chi connectivity index (χ0) is 14.3. The van der Waals surface area contributed by atoms with Crippen molar-refractivity contribution in [2.45, 2.75) is 32.4 Å². The van der Waals surface area contributed by atoms with Crippen LogP contribution in [0.25, 0.3) is 0 Å². The Hall–Kier alpha value is -1.23. The van der Waals surface area contributed by atoms with Crippen molar-refractivity contribution in [1.29, 1.82) is 0 Å². The van der Waals surface area contributed by atoms with E-state index in [1.807, 2.05) is 36.1 Å². The summed E-state index contributed by atoms with van der Waals surface area (Å²) in [7, 11) is 0. The topological polar surface area (TPSA) is 29.3 Å². The Kier molecular flexibility index (Phi) is 6.15. The number of alkyl halides is 3. The highest BCUT2D eigenvalue weighted by Gasteiger charge is 2.26. The molecule has 0 aliphatic heterocycles. The first-order valence-electron chi connectivity index (χ1n) is 6.51. The number of aryl methyl sites for hydroxylation is 1. The average Bonchev–Trinajstić information content (AvgIpc) is 2.33. The monoisotopic (exact) mass is 274 g/mol. The van der Waals surface area contributed by atoms with Gasteiger partial charge in [0.1, 0.15) is 0 Å². The lowest BCUT2D eigenvalue weighted by atomic mass is 10.1. The summed E-state index contributed by atoms with van der Waals surface area (Å²) in [5.74, 6) is 0. The van der Waals surface area contributed by atoms with Gasteiger partial charge in [-0.2, -0.15) is 13.2 Å². The molecule has 0 amide bonds. The molecule has 0 radical (unpaired) electrons. The van der Waals surface area contributed by atoms with Gasteiger partial charge >= 0.3 is 6.18 Å². The normalized spacial score (nSPS) is 11.6. The lowest BCUT2D eigenvalue weighted by molar-refractivity contribution is -0.135. The van der Waals surface area contributed by atoms with Gasteiger partial charge in [0.15, 0.2) is 0 Å². The molecule has 19 heavy (non-hydrogen) atoms. The fraction of sp³-hybridized carbons (Fsp3) is 0.571. The summed E-state index contributed by atoms with van der Waals surface area (Å²) in [4.78, 5) is 1.99. The van der Waals surface area contributed by atoms with E-state index in [4.69, 9.17) is 5.73 Å². The maximum absolute atomic E-state index is 12.2. The number of para-hydroxylation sites is 1. The fourth-order valence-electron chi connectivity index (χ4n) is 2.02. The quantitative estimate of drug-likeness (QED) is 0.824. The molecular weight excluding hydrogens is 253 g/mol. The van der Waals surface area contributed by atoms with Crippen molar-refractivity contribution in [3.63, 3.8) is 0 Å². The molecular formula is C14H21F3N2. The summed E-state index contributed by atoms with van der Waals surface area (Å²) < 4.78 is 36.6. The summed E-state index contributed by atoms with van der Waals surface area (Å²) in [5.41, 5.74) is 7.56. The van der Waals surface area contributed by atoms with Crippen LogP contribution in [0.2, 0.25) is 0 Å². The average molecular weight is 274 g/mol. The Bertz CT molecular complexity index is 377. The van der Waals surface area contributed by atoms with E-state index in [1.54, 1.807) is 0 Å². The number of hydrogen-bond donors (Lipinski definition) is 1. The van der Waals surface area contributed by atoms with E-state index < -0.39 is 12.6 Å². The third-order valence-corrected chi connectivity index (χ3v) is 2.98. The number of nitrogens with zero attached hydrogens (tertiary/aromatic N) is 1. The van der Waals surface area contributed by atoms with Crippen LogP contribution in [-0.4, -0.2) is 25.8 Å². The largest absolute Gasteiger partial charge is 0.389 e. The van der Waals surface area contributed by atoms with Crippen molar-refractivity contribution >= 4 is 5.69 Å². The lowest BCUT2D eigenvalue weighted by Gasteiger charge is -2.26. The number of benzene rings is 1. The van der Waals surface area contributed by atoms with Gasteiger partial charge in [-0.3, -0.25) is 0 Å². The molecule has 1 aromatic carbocycles. The van der Waals surface area contributed by atoms with Crippen molar-refractivity contribution in [3.8, 4) is 0 Å². The lowest BCUT2D eigenvalue weighted by Crippen LogP contribution is -2.28. The van der Waals surface area contributed by atoms with Gasteiger partial charge in [0, 0.05) is 25.2 Å². The molecule has 1 rings (SSSR count). The molecule has 0 bridgehead atoms. The minimum atomic E-state index is -4.08. The van der Waals surface area contributed by atoms with Crippen molar-refractivity contribution in [2.24, 2.45) is 5.73 Å². The summed E-state index contributed by atoms with van der Waals surface area (Å²) in [5, 5.41) is 0. The molecule has 108 valence electrons. The van der Waals surface area contributed by atoms with E-state index in [0.29, 0.717) is 19.6 Å². The van der Waals surface area contributed by atoms with Crippen LogP contribution in [0.4, 0.5) is 18.9 Å². The Morgan fingerprint density at radius 1 is 1.11 bits per heavy atom. The molecule has 0 heterocycles. The summed E-state index contributed by atoms with van der Waals surface area (Å²) in [6.07, 6.45) is -3.92. The zero-order valence-corrected chi connectivity index (χ0v) is 11.2. The number of halogens is 3. The second-order valence-electron chi connectivity index (χ2n) is 4.63. The van der Waals surface area contributed by atoms with Crippen molar-refractivity contribution in [2.75, 3.05) is 24.5 Å². The minimum absolute atomic E-state index is 0.113. The molecule has 0 saturated carbocycles. The van der Waals surface area contributed by atoms with Crippen LogP contribution in [0.5, 0.6) is 0 Å². The third kappa shape index (κ3) is 5.96. The number of hydrogen-bond acceptors (Lipinski definition) is 2. The predicted molar refractivity (Wildman–Crippen MR) is 72.4 cm³/mol. The number of rotatable bonds is 7. The molecule has 0 unspecified atom stereocenters. The molecule has 0 saturated heterocycles. The van der Waals surface area contributed by atoms with E-state index in [2.05, 4.69) is 0 Å². The van der Waals surface area contributed by atoms with Crippen LogP contribution in [-0.2, 0) is 0 Å². The molecule has 5 heteroatoms. The predicted octanol–water partition coefficient (Wildman–Crippen LogP) is 3.49. The number of nitrogens with two attached hydrogens (primary N) is 1.